The molecule has 32 heavy (non-hydrogen) atoms. The van der Waals surface area contributed by atoms with Gasteiger partial charge in [0.05, 0.1) is 4.83 Å². The quantitative estimate of drug-likeness (QED) is 0.382. The highest BCUT2D eigenvalue weighted by Crippen LogP contribution is 2.68. The summed E-state index contributed by atoms with van der Waals surface area (Å²) >= 11 is 3.93. The first-order valence-electron chi connectivity index (χ1n) is 12.6. The van der Waals surface area contributed by atoms with E-state index in [1.54, 1.807) is 0 Å². The van der Waals surface area contributed by atoms with Crippen molar-refractivity contribution in [3.8, 4) is 0 Å². The van der Waals surface area contributed by atoms with Crippen LogP contribution in [-0.4, -0.2) is 33.8 Å². The van der Waals surface area contributed by atoms with Crippen molar-refractivity contribution in [3.63, 3.8) is 0 Å². The molecule has 1 N–H and O–H groups in total. The van der Waals surface area contributed by atoms with E-state index >= 15 is 0 Å². The number of rotatable bonds is 5. The van der Waals surface area contributed by atoms with Crippen LogP contribution in [0.4, 0.5) is 0 Å². The lowest BCUT2D eigenvalue weighted by Crippen LogP contribution is -2.62. The third-order valence-electron chi connectivity index (χ3n) is 10.3. The number of carbonyl (C=O) groups is 3. The number of ketones is 1. The third kappa shape index (κ3) is 3.76. The number of esters is 1. The smallest absolute Gasteiger partial charge is 0.303 e. The van der Waals surface area contributed by atoms with Crippen LogP contribution >= 0.6 is 15.9 Å². The lowest BCUT2D eigenvalue weighted by atomic mass is 9.44. The number of fused-ring (bicyclic) bond motifs is 5. The van der Waals surface area contributed by atoms with Crippen molar-refractivity contribution >= 4 is 33.7 Å². The molecule has 0 heterocycles. The van der Waals surface area contributed by atoms with Gasteiger partial charge in [-0.05, 0) is 92.3 Å². The molecule has 0 saturated heterocycles. The van der Waals surface area contributed by atoms with Gasteiger partial charge in [0.25, 0.3) is 0 Å². The summed E-state index contributed by atoms with van der Waals surface area (Å²) in [7, 11) is 0. The summed E-state index contributed by atoms with van der Waals surface area (Å²) in [5.74, 6) is 1.68. The average molecular weight is 511 g/mol. The Labute approximate surface area is 200 Å². The van der Waals surface area contributed by atoms with Crippen LogP contribution in [0.5, 0.6) is 0 Å². The largest absolute Gasteiger partial charge is 0.481 e. The number of aliphatic carboxylic acids is 1. The molecule has 4 saturated carbocycles. The van der Waals surface area contributed by atoms with Gasteiger partial charge in [0.15, 0.2) is 5.78 Å². The number of halogens is 1. The maximum Gasteiger partial charge on any atom is 0.303 e. The van der Waals surface area contributed by atoms with E-state index in [1.165, 1.54) is 6.92 Å². The Bertz CT molecular complexity index is 782. The van der Waals surface area contributed by atoms with Gasteiger partial charge in [-0.2, -0.15) is 0 Å². The number of carboxylic acids is 1. The van der Waals surface area contributed by atoms with Crippen LogP contribution < -0.4 is 0 Å². The van der Waals surface area contributed by atoms with Gasteiger partial charge < -0.3 is 9.84 Å². The molecule has 4 aliphatic carbocycles. The second-order valence-corrected chi connectivity index (χ2v) is 12.7. The van der Waals surface area contributed by atoms with Crippen molar-refractivity contribution in [1.82, 2.24) is 0 Å². The van der Waals surface area contributed by atoms with Crippen molar-refractivity contribution in [2.45, 2.75) is 96.4 Å². The number of Topliss-reactive ketones (excluding diaryl/α,β-unsaturated/α-hetero) is 1. The Kier molecular flexibility index (Phi) is 6.59. The van der Waals surface area contributed by atoms with E-state index in [0.717, 1.165) is 44.9 Å². The van der Waals surface area contributed by atoms with E-state index < -0.39 is 5.97 Å². The maximum absolute atomic E-state index is 14.0. The van der Waals surface area contributed by atoms with Crippen molar-refractivity contribution in [1.29, 1.82) is 0 Å². The molecule has 0 bridgehead atoms. The van der Waals surface area contributed by atoms with Crippen LogP contribution in [0.1, 0.15) is 85.5 Å². The summed E-state index contributed by atoms with van der Waals surface area (Å²) in [6.45, 7) is 8.24. The lowest BCUT2D eigenvalue weighted by Gasteiger charge is -2.62. The highest BCUT2D eigenvalue weighted by Gasteiger charge is 2.66. The zero-order valence-electron chi connectivity index (χ0n) is 19.9. The Morgan fingerprint density at radius 3 is 2.56 bits per heavy atom. The number of carbonyl (C=O) groups excluding carboxylic acids is 2. The minimum atomic E-state index is -0.749. The fourth-order valence-corrected chi connectivity index (χ4v) is 10.3. The number of carboxylic acid groups (broad SMARTS) is 1. The lowest BCUT2D eigenvalue weighted by molar-refractivity contribution is -0.165. The molecular formula is C26H39BrO5. The molecule has 0 aliphatic heterocycles. The van der Waals surface area contributed by atoms with Gasteiger partial charge in [-0.15, -0.1) is 0 Å². The third-order valence-corrected chi connectivity index (χ3v) is 11.3. The van der Waals surface area contributed by atoms with E-state index in [1.807, 2.05) is 0 Å². The van der Waals surface area contributed by atoms with Crippen LogP contribution in [0.3, 0.4) is 0 Å². The monoisotopic (exact) mass is 510 g/mol. The normalized spacial score (nSPS) is 46.5. The van der Waals surface area contributed by atoms with Gasteiger partial charge in [-0.1, -0.05) is 36.7 Å². The second kappa shape index (κ2) is 8.70. The molecule has 0 aromatic rings. The Morgan fingerprint density at radius 1 is 1.19 bits per heavy atom. The fourth-order valence-electron chi connectivity index (χ4n) is 8.82. The Hall–Kier alpha value is -0.910. The van der Waals surface area contributed by atoms with Crippen LogP contribution in [0, 0.1) is 46.3 Å². The SMILES string of the molecule is CC(=O)O[C@@H]1CC[C@@]2(C)C(CC[C@H]3[C@@H]4CC[C@H]([C@H](C)CCC(=O)O)[C@@]4(C)C(=O)C(Br)[C@@H]32)C1. The first-order chi connectivity index (χ1) is 15.0. The first kappa shape index (κ1) is 24.2. The summed E-state index contributed by atoms with van der Waals surface area (Å²) in [5.41, 5.74) is -0.261. The average Bonchev–Trinajstić information content (AvgIpc) is 3.08. The van der Waals surface area contributed by atoms with Crippen molar-refractivity contribution in [2.75, 3.05) is 0 Å². The van der Waals surface area contributed by atoms with Gasteiger partial charge in [-0.3, -0.25) is 14.4 Å². The molecule has 5 nitrogen and oxygen atoms in total. The Morgan fingerprint density at radius 2 is 1.91 bits per heavy atom. The molecule has 180 valence electrons. The van der Waals surface area contributed by atoms with Crippen LogP contribution in [0.25, 0.3) is 0 Å². The molecule has 2 unspecified atom stereocenters. The predicted octanol–water partition coefficient (Wildman–Crippen LogP) is 5.63. The van der Waals surface area contributed by atoms with E-state index in [2.05, 4.69) is 36.7 Å². The molecule has 0 aromatic heterocycles. The van der Waals surface area contributed by atoms with Gasteiger partial charge in [0.1, 0.15) is 6.10 Å². The van der Waals surface area contributed by atoms with Gasteiger partial charge >= 0.3 is 11.9 Å². The number of alkyl halides is 1. The summed E-state index contributed by atoms with van der Waals surface area (Å²) in [6, 6.07) is 0. The second-order valence-electron chi connectivity index (χ2n) is 11.7. The number of ether oxygens (including phenoxy) is 1. The molecule has 6 heteroatoms. The van der Waals surface area contributed by atoms with Crippen LogP contribution in [-0.2, 0) is 19.1 Å². The highest BCUT2D eigenvalue weighted by atomic mass is 79.9. The van der Waals surface area contributed by atoms with Gasteiger partial charge in [-0.25, -0.2) is 0 Å². The predicted molar refractivity (Wildman–Crippen MR) is 125 cm³/mol. The molecule has 0 amide bonds. The summed E-state index contributed by atoms with van der Waals surface area (Å²) in [6.07, 6.45) is 8.07. The van der Waals surface area contributed by atoms with Crippen LogP contribution in [0.15, 0.2) is 0 Å². The van der Waals surface area contributed by atoms with Gasteiger partial charge in [0, 0.05) is 18.8 Å². The number of hydrogen-bond acceptors (Lipinski definition) is 4. The molecule has 4 fully saturated rings. The minimum absolute atomic E-state index is 0.0198. The zero-order chi connectivity index (χ0) is 23.4. The molecule has 0 aromatic carbocycles. The number of hydrogen-bond donors (Lipinski definition) is 1. The molecule has 0 spiro atoms. The molecular weight excluding hydrogens is 472 g/mol. The Balaban J connectivity index is 1.58. The standard InChI is InChI=1S/C26H39BrO5/c1-14(5-10-21(29)30)19-8-9-20-18-7-6-16-13-17(32-15(2)28)11-12-25(16,3)22(18)23(27)24(31)26(19,20)4/h14,16-20,22-23H,5-13H2,1-4H3,(H,29,30)/t14-,16?,17-,18+,19-,20+,22-,23?,25+,26-/m1/s1. The van der Waals surface area contributed by atoms with E-state index in [0.29, 0.717) is 35.9 Å². The van der Waals surface area contributed by atoms with E-state index in [9.17, 15) is 14.4 Å². The molecule has 4 aliphatic rings. The molecule has 0 radical (unpaired) electrons. The molecule has 4 rings (SSSR count). The zero-order valence-corrected chi connectivity index (χ0v) is 21.5. The van der Waals surface area contributed by atoms with Crippen molar-refractivity contribution in [2.24, 2.45) is 46.3 Å². The minimum Gasteiger partial charge on any atom is -0.481 e. The van der Waals surface area contributed by atoms with Gasteiger partial charge in [0.2, 0.25) is 0 Å². The fraction of sp³-hybridized carbons (Fsp3) is 0.885. The van der Waals surface area contributed by atoms with Crippen molar-refractivity contribution in [3.05, 3.63) is 0 Å². The van der Waals surface area contributed by atoms with Crippen LogP contribution in [0.2, 0.25) is 0 Å². The summed E-state index contributed by atoms with van der Waals surface area (Å²) in [4.78, 5) is 36.5. The van der Waals surface area contributed by atoms with E-state index in [-0.39, 0.29) is 46.0 Å². The summed E-state index contributed by atoms with van der Waals surface area (Å²) < 4.78 is 5.58. The maximum atomic E-state index is 14.0. The highest BCUT2D eigenvalue weighted by molar-refractivity contribution is 9.10. The topological polar surface area (TPSA) is 80.7 Å². The summed E-state index contributed by atoms with van der Waals surface area (Å²) in [5, 5.41) is 9.15. The van der Waals surface area contributed by atoms with E-state index in [4.69, 9.17) is 9.84 Å². The van der Waals surface area contributed by atoms with Crippen molar-refractivity contribution < 1.29 is 24.2 Å². The molecule has 10 atom stereocenters. The first-order valence-corrected chi connectivity index (χ1v) is 13.5.